The Morgan fingerprint density at radius 1 is 1.47 bits per heavy atom. The van der Waals surface area contributed by atoms with E-state index >= 15 is 0 Å². The molecule has 1 N–H and O–H groups in total. The van der Waals surface area contributed by atoms with Gasteiger partial charge < -0.3 is 10.2 Å². The molecule has 0 spiro atoms. The smallest absolute Gasteiger partial charge is 0.147 e. The predicted molar refractivity (Wildman–Crippen MR) is 82.2 cm³/mol. The minimum Gasteiger partial charge on any atom is -0.362 e. The summed E-state index contributed by atoms with van der Waals surface area (Å²) >= 11 is 3.50. The summed E-state index contributed by atoms with van der Waals surface area (Å²) in [5, 5.41) is 3.56. The number of halogens is 2. The van der Waals surface area contributed by atoms with Crippen molar-refractivity contribution in [1.29, 1.82) is 0 Å². The Morgan fingerprint density at radius 2 is 2.21 bits per heavy atom. The highest BCUT2D eigenvalue weighted by atomic mass is 79.9. The zero-order chi connectivity index (χ0) is 14.0. The summed E-state index contributed by atoms with van der Waals surface area (Å²) in [7, 11) is 0. The van der Waals surface area contributed by atoms with Crippen LogP contribution in [0.5, 0.6) is 0 Å². The third-order valence-electron chi connectivity index (χ3n) is 3.92. The second-order valence-corrected chi connectivity index (χ2v) is 6.40. The Morgan fingerprint density at radius 3 is 2.79 bits per heavy atom. The third-order valence-corrected chi connectivity index (χ3v) is 4.56. The first-order valence-corrected chi connectivity index (χ1v) is 7.78. The molecule has 2 nitrogen and oxygen atoms in total. The van der Waals surface area contributed by atoms with Crippen LogP contribution >= 0.6 is 15.9 Å². The summed E-state index contributed by atoms with van der Waals surface area (Å²) in [6.45, 7) is 8.33. The van der Waals surface area contributed by atoms with E-state index < -0.39 is 0 Å². The lowest BCUT2D eigenvalue weighted by atomic mass is 9.97. The summed E-state index contributed by atoms with van der Waals surface area (Å²) in [6, 6.07) is 5.96. The highest BCUT2D eigenvalue weighted by Gasteiger charge is 2.31. The third kappa shape index (κ3) is 3.11. The van der Waals surface area contributed by atoms with Gasteiger partial charge in [-0.1, -0.05) is 26.8 Å². The van der Waals surface area contributed by atoms with Gasteiger partial charge in [-0.25, -0.2) is 4.39 Å². The number of nitrogens with zero attached hydrogens (tertiary/aromatic N) is 1. The standard InChI is InChI=1S/C15H22BrFN2/c1-4-11-9-19(14(8-18-11)10(2)3)15-12(16)6-5-7-13(15)17/h5-7,10-11,14,18H,4,8-9H2,1-3H3. The Bertz CT molecular complexity index is 416. The molecule has 0 aliphatic carbocycles. The highest BCUT2D eigenvalue weighted by molar-refractivity contribution is 9.10. The van der Waals surface area contributed by atoms with Gasteiger partial charge in [-0.05, 0) is 40.4 Å². The number of rotatable bonds is 3. The number of hydrogen-bond donors (Lipinski definition) is 1. The summed E-state index contributed by atoms with van der Waals surface area (Å²) in [5.41, 5.74) is 0.709. The molecule has 2 atom stereocenters. The highest BCUT2D eigenvalue weighted by Crippen LogP contribution is 2.33. The predicted octanol–water partition coefficient (Wildman–Crippen LogP) is 3.80. The van der Waals surface area contributed by atoms with E-state index in [4.69, 9.17) is 0 Å². The lowest BCUT2D eigenvalue weighted by molar-refractivity contribution is 0.330. The lowest BCUT2D eigenvalue weighted by Crippen LogP contribution is -2.58. The Kier molecular flexibility index (Phi) is 4.85. The summed E-state index contributed by atoms with van der Waals surface area (Å²) in [5.74, 6) is 0.341. The molecule has 0 radical (unpaired) electrons. The molecule has 1 aromatic carbocycles. The van der Waals surface area contributed by atoms with Crippen molar-refractivity contribution >= 4 is 21.6 Å². The maximum absolute atomic E-state index is 14.2. The van der Waals surface area contributed by atoms with Gasteiger partial charge in [0.25, 0.3) is 0 Å². The average Bonchev–Trinajstić information content (AvgIpc) is 2.38. The van der Waals surface area contributed by atoms with Gasteiger partial charge in [0.15, 0.2) is 0 Å². The number of nitrogens with one attached hydrogen (secondary N) is 1. The molecule has 2 unspecified atom stereocenters. The molecule has 2 rings (SSSR count). The van der Waals surface area contributed by atoms with Crippen LogP contribution in [0.1, 0.15) is 27.2 Å². The fourth-order valence-electron chi connectivity index (χ4n) is 2.72. The monoisotopic (exact) mass is 328 g/mol. The maximum atomic E-state index is 14.2. The molecule has 19 heavy (non-hydrogen) atoms. The van der Waals surface area contributed by atoms with Crippen LogP contribution in [0.4, 0.5) is 10.1 Å². The van der Waals surface area contributed by atoms with Crippen molar-refractivity contribution in [2.24, 2.45) is 5.92 Å². The number of piperazine rings is 1. The summed E-state index contributed by atoms with van der Waals surface area (Å²) in [6.07, 6.45) is 1.06. The molecule has 0 amide bonds. The Hall–Kier alpha value is -0.610. The van der Waals surface area contributed by atoms with Gasteiger partial charge in [-0.2, -0.15) is 0 Å². The topological polar surface area (TPSA) is 15.3 Å². The molecule has 0 aromatic heterocycles. The van der Waals surface area contributed by atoms with Crippen LogP contribution in [-0.4, -0.2) is 25.2 Å². The van der Waals surface area contributed by atoms with E-state index in [-0.39, 0.29) is 5.82 Å². The van der Waals surface area contributed by atoms with Crippen molar-refractivity contribution in [3.63, 3.8) is 0 Å². The average molecular weight is 329 g/mol. The minimum absolute atomic E-state index is 0.142. The lowest BCUT2D eigenvalue weighted by Gasteiger charge is -2.44. The Balaban J connectivity index is 2.36. The number of anilines is 1. The van der Waals surface area contributed by atoms with Gasteiger partial charge >= 0.3 is 0 Å². The zero-order valence-corrected chi connectivity index (χ0v) is 13.4. The van der Waals surface area contributed by atoms with Gasteiger partial charge in [0.05, 0.1) is 5.69 Å². The van der Waals surface area contributed by atoms with Crippen LogP contribution in [0.25, 0.3) is 0 Å². The van der Waals surface area contributed by atoms with Crippen LogP contribution in [0.2, 0.25) is 0 Å². The van der Waals surface area contributed by atoms with Gasteiger partial charge in [-0.15, -0.1) is 0 Å². The molecule has 0 saturated carbocycles. The van der Waals surface area contributed by atoms with Crippen LogP contribution < -0.4 is 10.2 Å². The number of benzene rings is 1. The maximum Gasteiger partial charge on any atom is 0.147 e. The second-order valence-electron chi connectivity index (χ2n) is 5.55. The van der Waals surface area contributed by atoms with Crippen LogP contribution in [-0.2, 0) is 0 Å². The first kappa shape index (κ1) is 14.8. The van der Waals surface area contributed by atoms with Gasteiger partial charge in [-0.3, -0.25) is 0 Å². The quantitative estimate of drug-likeness (QED) is 0.907. The van der Waals surface area contributed by atoms with E-state index in [1.807, 2.05) is 6.07 Å². The fraction of sp³-hybridized carbons (Fsp3) is 0.600. The molecule has 106 valence electrons. The first-order valence-electron chi connectivity index (χ1n) is 6.98. The molecule has 1 aromatic rings. The molecule has 1 heterocycles. The largest absolute Gasteiger partial charge is 0.362 e. The number of para-hydroxylation sites is 1. The molecule has 1 aliphatic heterocycles. The second kappa shape index (κ2) is 6.23. The fourth-order valence-corrected chi connectivity index (χ4v) is 3.29. The molecule has 4 heteroatoms. The van der Waals surface area contributed by atoms with E-state index in [0.717, 1.165) is 24.0 Å². The van der Waals surface area contributed by atoms with Crippen molar-refractivity contribution in [1.82, 2.24) is 5.32 Å². The van der Waals surface area contributed by atoms with Crippen molar-refractivity contribution in [3.8, 4) is 0 Å². The van der Waals surface area contributed by atoms with Crippen LogP contribution in [0.15, 0.2) is 22.7 Å². The normalized spacial score (nSPS) is 24.0. The molecular weight excluding hydrogens is 307 g/mol. The zero-order valence-electron chi connectivity index (χ0n) is 11.8. The van der Waals surface area contributed by atoms with E-state index in [2.05, 4.69) is 46.9 Å². The minimum atomic E-state index is -0.142. The van der Waals surface area contributed by atoms with Crippen molar-refractivity contribution in [3.05, 3.63) is 28.5 Å². The Labute approximate surface area is 123 Å². The van der Waals surface area contributed by atoms with Crippen molar-refractivity contribution in [2.75, 3.05) is 18.0 Å². The van der Waals surface area contributed by atoms with E-state index in [9.17, 15) is 4.39 Å². The van der Waals surface area contributed by atoms with Gasteiger partial charge in [0.2, 0.25) is 0 Å². The summed E-state index contributed by atoms with van der Waals surface area (Å²) in [4.78, 5) is 2.23. The van der Waals surface area contributed by atoms with E-state index in [1.165, 1.54) is 0 Å². The number of hydrogen-bond acceptors (Lipinski definition) is 2. The van der Waals surface area contributed by atoms with Crippen molar-refractivity contribution in [2.45, 2.75) is 39.3 Å². The molecule has 0 bridgehead atoms. The molecule has 1 aliphatic rings. The molecule has 1 saturated heterocycles. The molecular formula is C15H22BrFN2. The van der Waals surface area contributed by atoms with Crippen molar-refractivity contribution < 1.29 is 4.39 Å². The first-order chi connectivity index (χ1) is 9.04. The summed E-state index contributed by atoms with van der Waals surface area (Å²) < 4.78 is 15.1. The van der Waals surface area contributed by atoms with Gasteiger partial charge in [0, 0.05) is 29.6 Å². The van der Waals surface area contributed by atoms with E-state index in [1.54, 1.807) is 12.1 Å². The van der Waals surface area contributed by atoms with Gasteiger partial charge in [0.1, 0.15) is 5.82 Å². The van der Waals surface area contributed by atoms with E-state index in [0.29, 0.717) is 23.7 Å². The van der Waals surface area contributed by atoms with Crippen LogP contribution in [0, 0.1) is 11.7 Å². The molecule has 1 fully saturated rings. The SMILES string of the molecule is CCC1CN(c2c(F)cccc2Br)C(C(C)C)CN1. The van der Waals surface area contributed by atoms with Crippen LogP contribution in [0.3, 0.4) is 0 Å².